The second-order valence-electron chi connectivity index (χ2n) is 5.46. The average molecular weight is 182 g/mol. The van der Waals surface area contributed by atoms with E-state index in [0.717, 1.165) is 6.42 Å². The summed E-state index contributed by atoms with van der Waals surface area (Å²) < 4.78 is 0. The van der Waals surface area contributed by atoms with Gasteiger partial charge in [-0.25, -0.2) is 0 Å². The third-order valence-corrected chi connectivity index (χ3v) is 4.08. The molecule has 0 spiro atoms. The fourth-order valence-electron chi connectivity index (χ4n) is 2.61. The highest BCUT2D eigenvalue weighted by Crippen LogP contribution is 2.49. The second kappa shape index (κ2) is 3.61. The fraction of sp³-hybridized carbons (Fsp3) is 1.00. The van der Waals surface area contributed by atoms with Crippen LogP contribution in [0.3, 0.4) is 0 Å². The summed E-state index contributed by atoms with van der Waals surface area (Å²) in [4.78, 5) is 0. The van der Waals surface area contributed by atoms with Crippen molar-refractivity contribution in [1.29, 1.82) is 0 Å². The molecule has 0 heterocycles. The van der Waals surface area contributed by atoms with E-state index in [1.165, 1.54) is 44.9 Å². The second-order valence-corrected chi connectivity index (χ2v) is 5.46. The van der Waals surface area contributed by atoms with Crippen LogP contribution in [-0.4, -0.2) is 11.2 Å². The highest BCUT2D eigenvalue weighted by atomic mass is 16.3. The standard InChI is InChI=1S/C12H22O/c1-12(8-9-12)7-3-5-10-4-2-6-11(10)13/h10-11,13H,2-9H2,1H3. The molecule has 2 saturated carbocycles. The van der Waals surface area contributed by atoms with Crippen molar-refractivity contribution in [1.82, 2.24) is 0 Å². The molecule has 2 atom stereocenters. The molecule has 1 N–H and O–H groups in total. The minimum absolute atomic E-state index is 0.0343. The van der Waals surface area contributed by atoms with Crippen LogP contribution in [0.2, 0.25) is 0 Å². The molecular weight excluding hydrogens is 160 g/mol. The lowest BCUT2D eigenvalue weighted by molar-refractivity contribution is 0.125. The topological polar surface area (TPSA) is 20.2 Å². The predicted molar refractivity (Wildman–Crippen MR) is 54.5 cm³/mol. The molecule has 2 rings (SSSR count). The first kappa shape index (κ1) is 9.51. The summed E-state index contributed by atoms with van der Waals surface area (Å²) in [5.41, 5.74) is 0.712. The van der Waals surface area contributed by atoms with Crippen LogP contribution in [0.1, 0.15) is 58.3 Å². The molecule has 76 valence electrons. The lowest BCUT2D eigenvalue weighted by atomic mass is 9.94. The summed E-state index contributed by atoms with van der Waals surface area (Å²) in [5.74, 6) is 0.641. The van der Waals surface area contributed by atoms with Gasteiger partial charge in [-0.1, -0.05) is 19.8 Å². The Bertz CT molecular complexity index is 172. The summed E-state index contributed by atoms with van der Waals surface area (Å²) in [5, 5.41) is 9.63. The minimum atomic E-state index is 0.0343. The van der Waals surface area contributed by atoms with Gasteiger partial charge in [-0.2, -0.15) is 0 Å². The molecule has 0 aliphatic heterocycles. The van der Waals surface area contributed by atoms with Gasteiger partial charge in [0.05, 0.1) is 6.10 Å². The van der Waals surface area contributed by atoms with E-state index in [-0.39, 0.29) is 6.10 Å². The molecule has 2 fully saturated rings. The van der Waals surface area contributed by atoms with Crippen molar-refractivity contribution in [2.24, 2.45) is 11.3 Å². The van der Waals surface area contributed by atoms with Gasteiger partial charge < -0.3 is 5.11 Å². The van der Waals surface area contributed by atoms with Crippen LogP contribution >= 0.6 is 0 Å². The van der Waals surface area contributed by atoms with E-state index < -0.39 is 0 Å². The van der Waals surface area contributed by atoms with Crippen molar-refractivity contribution in [2.75, 3.05) is 0 Å². The summed E-state index contributed by atoms with van der Waals surface area (Å²) in [6, 6.07) is 0. The maximum atomic E-state index is 9.63. The molecule has 1 nitrogen and oxygen atoms in total. The molecule has 0 radical (unpaired) electrons. The molecule has 0 bridgehead atoms. The smallest absolute Gasteiger partial charge is 0.0568 e. The largest absolute Gasteiger partial charge is 0.393 e. The van der Waals surface area contributed by atoms with Crippen LogP contribution in [0.5, 0.6) is 0 Å². The monoisotopic (exact) mass is 182 g/mol. The first-order valence-electron chi connectivity index (χ1n) is 5.88. The lowest BCUT2D eigenvalue weighted by Crippen LogP contribution is -2.13. The number of rotatable bonds is 4. The quantitative estimate of drug-likeness (QED) is 0.708. The highest BCUT2D eigenvalue weighted by molar-refractivity contribution is 4.88. The van der Waals surface area contributed by atoms with Gasteiger partial charge in [-0.15, -0.1) is 0 Å². The van der Waals surface area contributed by atoms with E-state index in [1.807, 2.05) is 0 Å². The SMILES string of the molecule is CC1(CCCC2CCCC2O)CC1. The number of hydrogen-bond donors (Lipinski definition) is 1. The molecule has 2 aliphatic carbocycles. The van der Waals surface area contributed by atoms with Gasteiger partial charge in [0.25, 0.3) is 0 Å². The molecule has 0 aromatic carbocycles. The maximum Gasteiger partial charge on any atom is 0.0568 e. The van der Waals surface area contributed by atoms with Gasteiger partial charge in [0, 0.05) is 0 Å². The number of aliphatic hydroxyl groups excluding tert-OH is 1. The third-order valence-electron chi connectivity index (χ3n) is 4.08. The Kier molecular flexibility index (Phi) is 2.64. The van der Waals surface area contributed by atoms with E-state index >= 15 is 0 Å². The Morgan fingerprint density at radius 2 is 2.08 bits per heavy atom. The Balaban J connectivity index is 1.62. The van der Waals surface area contributed by atoms with Gasteiger partial charge in [0.15, 0.2) is 0 Å². The third kappa shape index (κ3) is 2.46. The van der Waals surface area contributed by atoms with E-state index in [0.29, 0.717) is 11.3 Å². The van der Waals surface area contributed by atoms with Crippen LogP contribution in [0.4, 0.5) is 0 Å². The fourth-order valence-corrected chi connectivity index (χ4v) is 2.61. The summed E-state index contributed by atoms with van der Waals surface area (Å²) >= 11 is 0. The van der Waals surface area contributed by atoms with Gasteiger partial charge >= 0.3 is 0 Å². The highest BCUT2D eigenvalue weighted by Gasteiger charge is 2.36. The zero-order chi connectivity index (χ0) is 9.31. The van der Waals surface area contributed by atoms with E-state index in [1.54, 1.807) is 0 Å². The van der Waals surface area contributed by atoms with Crippen molar-refractivity contribution in [2.45, 2.75) is 64.4 Å². The Labute approximate surface area is 81.5 Å². The Morgan fingerprint density at radius 1 is 1.31 bits per heavy atom. The zero-order valence-electron chi connectivity index (χ0n) is 8.76. The molecular formula is C12H22O. The molecule has 0 amide bonds. The van der Waals surface area contributed by atoms with Crippen LogP contribution in [0.25, 0.3) is 0 Å². The predicted octanol–water partition coefficient (Wildman–Crippen LogP) is 3.12. The lowest BCUT2D eigenvalue weighted by Gasteiger charge is -2.15. The van der Waals surface area contributed by atoms with Gasteiger partial charge in [0.2, 0.25) is 0 Å². The van der Waals surface area contributed by atoms with E-state index in [4.69, 9.17) is 0 Å². The normalized spacial score (nSPS) is 36.5. The first-order chi connectivity index (χ1) is 6.20. The molecule has 0 saturated heterocycles. The van der Waals surface area contributed by atoms with Gasteiger partial charge in [-0.3, -0.25) is 0 Å². The Morgan fingerprint density at radius 3 is 2.62 bits per heavy atom. The number of aliphatic hydroxyl groups is 1. The van der Waals surface area contributed by atoms with Crippen molar-refractivity contribution < 1.29 is 5.11 Å². The van der Waals surface area contributed by atoms with E-state index in [2.05, 4.69) is 6.92 Å². The maximum absolute atomic E-state index is 9.63. The van der Waals surface area contributed by atoms with Gasteiger partial charge in [0.1, 0.15) is 0 Å². The molecule has 13 heavy (non-hydrogen) atoms. The molecule has 1 heteroatoms. The van der Waals surface area contributed by atoms with Crippen molar-refractivity contribution in [3.8, 4) is 0 Å². The zero-order valence-corrected chi connectivity index (χ0v) is 8.76. The van der Waals surface area contributed by atoms with Crippen LogP contribution in [-0.2, 0) is 0 Å². The van der Waals surface area contributed by atoms with Crippen LogP contribution in [0.15, 0.2) is 0 Å². The molecule has 2 unspecified atom stereocenters. The first-order valence-corrected chi connectivity index (χ1v) is 5.88. The minimum Gasteiger partial charge on any atom is -0.393 e. The van der Waals surface area contributed by atoms with Crippen molar-refractivity contribution in [3.05, 3.63) is 0 Å². The van der Waals surface area contributed by atoms with E-state index in [9.17, 15) is 5.11 Å². The van der Waals surface area contributed by atoms with Crippen LogP contribution < -0.4 is 0 Å². The molecule has 0 aromatic rings. The van der Waals surface area contributed by atoms with Crippen molar-refractivity contribution >= 4 is 0 Å². The summed E-state index contributed by atoms with van der Waals surface area (Å²) in [6.45, 7) is 2.40. The summed E-state index contributed by atoms with van der Waals surface area (Å²) in [7, 11) is 0. The number of hydrogen-bond acceptors (Lipinski definition) is 1. The molecule has 2 aliphatic rings. The molecule has 0 aromatic heterocycles. The average Bonchev–Trinajstić information content (AvgIpc) is 2.68. The summed E-state index contributed by atoms with van der Waals surface area (Å²) in [6.07, 6.45) is 10.5. The Hall–Kier alpha value is -0.0400. The van der Waals surface area contributed by atoms with Crippen molar-refractivity contribution in [3.63, 3.8) is 0 Å². The van der Waals surface area contributed by atoms with Gasteiger partial charge in [-0.05, 0) is 49.9 Å². The van der Waals surface area contributed by atoms with Crippen LogP contribution in [0, 0.1) is 11.3 Å².